The zero-order valence-corrected chi connectivity index (χ0v) is 18.6. The summed E-state index contributed by atoms with van der Waals surface area (Å²) in [7, 11) is 0. The van der Waals surface area contributed by atoms with Crippen molar-refractivity contribution in [1.29, 1.82) is 0 Å². The molecule has 2 nitrogen and oxygen atoms in total. The van der Waals surface area contributed by atoms with E-state index in [4.69, 9.17) is 4.74 Å². The molecule has 0 aliphatic carbocycles. The predicted octanol–water partition coefficient (Wildman–Crippen LogP) is 8.73. The smallest absolute Gasteiger partial charge is 0.417 e. The molecule has 0 aliphatic heterocycles. The molecule has 1 rings (SSSR count). The molecule has 0 N–H and O–H groups in total. The van der Waals surface area contributed by atoms with Crippen molar-refractivity contribution in [2.75, 3.05) is 6.61 Å². The first kappa shape index (κ1) is 26.5. The van der Waals surface area contributed by atoms with Crippen molar-refractivity contribution >= 4 is 5.97 Å². The molecule has 172 valence electrons. The van der Waals surface area contributed by atoms with Crippen molar-refractivity contribution < 1.29 is 22.7 Å². The van der Waals surface area contributed by atoms with Crippen LogP contribution in [0, 0.1) is 0 Å². The number of benzene rings is 1. The Morgan fingerprint density at radius 3 is 1.63 bits per heavy atom. The average molecular weight is 429 g/mol. The van der Waals surface area contributed by atoms with Gasteiger partial charge in [0.15, 0.2) is 0 Å². The summed E-state index contributed by atoms with van der Waals surface area (Å²) >= 11 is 0. The summed E-state index contributed by atoms with van der Waals surface area (Å²) in [6.07, 6.45) is 14.0. The van der Waals surface area contributed by atoms with Gasteiger partial charge in [-0.25, -0.2) is 4.79 Å². The minimum absolute atomic E-state index is 0.170. The highest BCUT2D eigenvalue weighted by atomic mass is 19.4. The fraction of sp³-hybridized carbons (Fsp3) is 0.720. The molecule has 1 aromatic rings. The van der Waals surface area contributed by atoms with Crippen molar-refractivity contribution in [3.63, 3.8) is 0 Å². The van der Waals surface area contributed by atoms with Crippen LogP contribution in [0.4, 0.5) is 13.2 Å². The number of halogens is 3. The third kappa shape index (κ3) is 12.2. The molecule has 0 atom stereocenters. The van der Waals surface area contributed by atoms with E-state index < -0.39 is 23.3 Å². The second kappa shape index (κ2) is 16.2. The van der Waals surface area contributed by atoms with Crippen LogP contribution in [0.5, 0.6) is 0 Å². The normalized spacial score (nSPS) is 11.6. The fourth-order valence-corrected chi connectivity index (χ4v) is 3.62. The first-order chi connectivity index (χ1) is 14.5. The van der Waals surface area contributed by atoms with E-state index in [0.717, 1.165) is 25.0 Å². The van der Waals surface area contributed by atoms with Gasteiger partial charge in [0.25, 0.3) is 0 Å². The van der Waals surface area contributed by atoms with Crippen molar-refractivity contribution in [3.05, 3.63) is 35.4 Å². The largest absolute Gasteiger partial charge is 0.462 e. The first-order valence-electron chi connectivity index (χ1n) is 11.8. The van der Waals surface area contributed by atoms with Crippen LogP contribution in [-0.4, -0.2) is 12.6 Å². The van der Waals surface area contributed by atoms with Gasteiger partial charge in [-0.3, -0.25) is 0 Å². The van der Waals surface area contributed by atoms with Crippen molar-refractivity contribution in [3.8, 4) is 0 Å². The molecular weight excluding hydrogens is 389 g/mol. The number of carbonyl (C=O) groups is 1. The lowest BCUT2D eigenvalue weighted by atomic mass is 10.0. The molecule has 0 amide bonds. The third-order valence-corrected chi connectivity index (χ3v) is 5.43. The third-order valence-electron chi connectivity index (χ3n) is 5.43. The summed E-state index contributed by atoms with van der Waals surface area (Å²) in [6, 6.07) is 4.76. The van der Waals surface area contributed by atoms with Crippen LogP contribution in [0.2, 0.25) is 0 Å². The van der Waals surface area contributed by atoms with Gasteiger partial charge in [0, 0.05) is 0 Å². The molecule has 0 aromatic heterocycles. The van der Waals surface area contributed by atoms with Gasteiger partial charge in [-0.2, -0.15) is 13.2 Å². The maximum atomic E-state index is 12.9. The van der Waals surface area contributed by atoms with Crippen LogP contribution in [-0.2, 0) is 10.9 Å². The summed E-state index contributed by atoms with van der Waals surface area (Å²) in [5.41, 5.74) is -1.35. The highest BCUT2D eigenvalue weighted by Crippen LogP contribution is 2.32. The van der Waals surface area contributed by atoms with Crippen LogP contribution in [0.1, 0.15) is 119 Å². The lowest BCUT2D eigenvalue weighted by Crippen LogP contribution is -2.15. The molecule has 1 aromatic carbocycles. The maximum Gasteiger partial charge on any atom is 0.417 e. The van der Waals surface area contributed by atoms with E-state index in [1.54, 1.807) is 0 Å². The van der Waals surface area contributed by atoms with Crippen LogP contribution < -0.4 is 0 Å². The molecule has 0 saturated carbocycles. The molecule has 0 fully saturated rings. The molecule has 30 heavy (non-hydrogen) atoms. The summed E-state index contributed by atoms with van der Waals surface area (Å²) in [6.45, 7) is 2.42. The number of hydrogen-bond donors (Lipinski definition) is 0. The van der Waals surface area contributed by atoms with E-state index in [1.807, 2.05) is 0 Å². The van der Waals surface area contributed by atoms with Gasteiger partial charge >= 0.3 is 12.1 Å². The van der Waals surface area contributed by atoms with E-state index in [-0.39, 0.29) is 6.61 Å². The van der Waals surface area contributed by atoms with Gasteiger partial charge in [-0.15, -0.1) is 0 Å². The lowest BCUT2D eigenvalue weighted by molar-refractivity contribution is -0.138. The summed E-state index contributed by atoms with van der Waals surface area (Å²) in [5.74, 6) is -0.895. The van der Waals surface area contributed by atoms with Crippen LogP contribution in [0.3, 0.4) is 0 Å². The van der Waals surface area contributed by atoms with Gasteiger partial charge in [0.1, 0.15) is 0 Å². The standard InChI is InChI=1S/C25H39F3O2/c1-2-3-4-5-6-7-8-9-10-11-12-13-14-15-18-21-30-24(29)22-19-16-17-20-23(22)25(26,27)28/h16-17,19-20H,2-15,18,21H2,1H3. The zero-order valence-electron chi connectivity index (χ0n) is 18.6. The lowest BCUT2D eigenvalue weighted by Gasteiger charge is -2.12. The topological polar surface area (TPSA) is 26.3 Å². The molecule has 0 bridgehead atoms. The number of esters is 1. The molecule has 0 aliphatic rings. The Kier molecular flexibility index (Phi) is 14.3. The van der Waals surface area contributed by atoms with E-state index in [9.17, 15) is 18.0 Å². The monoisotopic (exact) mass is 428 g/mol. The molecular formula is C25H39F3O2. The van der Waals surface area contributed by atoms with Gasteiger partial charge in [-0.05, 0) is 18.6 Å². The van der Waals surface area contributed by atoms with Crippen molar-refractivity contribution in [1.82, 2.24) is 0 Å². The van der Waals surface area contributed by atoms with E-state index in [1.165, 1.54) is 89.2 Å². The number of alkyl halides is 3. The molecule has 0 radical (unpaired) electrons. The van der Waals surface area contributed by atoms with Crippen LogP contribution in [0.25, 0.3) is 0 Å². The number of rotatable bonds is 17. The van der Waals surface area contributed by atoms with E-state index in [0.29, 0.717) is 6.42 Å². The number of hydrogen-bond acceptors (Lipinski definition) is 2. The average Bonchev–Trinajstić information content (AvgIpc) is 2.72. The van der Waals surface area contributed by atoms with Gasteiger partial charge in [0.2, 0.25) is 0 Å². The predicted molar refractivity (Wildman–Crippen MR) is 117 cm³/mol. The molecule has 0 saturated heterocycles. The molecule has 5 heteroatoms. The Morgan fingerprint density at radius 2 is 1.17 bits per heavy atom. The molecule has 0 heterocycles. The van der Waals surface area contributed by atoms with Crippen molar-refractivity contribution in [2.45, 2.75) is 109 Å². The van der Waals surface area contributed by atoms with Gasteiger partial charge in [-0.1, -0.05) is 109 Å². The summed E-state index contributed by atoms with van der Waals surface area (Å²) in [5, 5.41) is 0. The Labute approximate surface area is 180 Å². The van der Waals surface area contributed by atoms with E-state index in [2.05, 4.69) is 6.92 Å². The summed E-state index contributed by atoms with van der Waals surface area (Å²) in [4.78, 5) is 11.9. The summed E-state index contributed by atoms with van der Waals surface area (Å²) < 4.78 is 43.8. The van der Waals surface area contributed by atoms with Gasteiger partial charge < -0.3 is 4.74 Å². The minimum atomic E-state index is -4.55. The van der Waals surface area contributed by atoms with Gasteiger partial charge in [0.05, 0.1) is 17.7 Å². The highest BCUT2D eigenvalue weighted by Gasteiger charge is 2.35. The van der Waals surface area contributed by atoms with Crippen molar-refractivity contribution in [2.24, 2.45) is 0 Å². The second-order valence-electron chi connectivity index (χ2n) is 8.13. The number of unbranched alkanes of at least 4 members (excludes halogenated alkanes) is 14. The molecule has 0 spiro atoms. The SMILES string of the molecule is CCCCCCCCCCCCCCCCCOC(=O)c1ccccc1C(F)(F)F. The molecule has 0 unspecified atom stereocenters. The van der Waals surface area contributed by atoms with Crippen LogP contribution in [0.15, 0.2) is 24.3 Å². The Bertz CT molecular complexity index is 570. The number of carbonyl (C=O) groups excluding carboxylic acids is 1. The van der Waals surface area contributed by atoms with Crippen LogP contribution >= 0.6 is 0 Å². The first-order valence-corrected chi connectivity index (χ1v) is 11.8. The Morgan fingerprint density at radius 1 is 0.733 bits per heavy atom. The Balaban J connectivity index is 1.96. The fourth-order valence-electron chi connectivity index (χ4n) is 3.62. The highest BCUT2D eigenvalue weighted by molar-refractivity contribution is 5.91. The Hall–Kier alpha value is -1.52. The quantitative estimate of drug-likeness (QED) is 0.183. The maximum absolute atomic E-state index is 12.9. The second-order valence-corrected chi connectivity index (χ2v) is 8.13. The number of ether oxygens (including phenoxy) is 1. The minimum Gasteiger partial charge on any atom is -0.462 e. The zero-order chi connectivity index (χ0) is 22.1. The van der Waals surface area contributed by atoms with E-state index >= 15 is 0 Å².